The lowest BCUT2D eigenvalue weighted by molar-refractivity contribution is -0.150. The maximum absolute atomic E-state index is 5.64. The molecule has 0 amide bonds. The Kier molecular flexibility index (Phi) is 5.14. The van der Waals surface area contributed by atoms with Gasteiger partial charge in [0, 0.05) is 12.0 Å². The molecular formula is C10H20O2S. The van der Waals surface area contributed by atoms with Gasteiger partial charge in [-0.1, -0.05) is 6.92 Å². The van der Waals surface area contributed by atoms with E-state index in [2.05, 4.69) is 13.2 Å². The summed E-state index contributed by atoms with van der Waals surface area (Å²) in [5.41, 5.74) is 0.360. The summed E-state index contributed by atoms with van der Waals surface area (Å²) in [6.45, 7) is 5.80. The summed E-state index contributed by atoms with van der Waals surface area (Å²) in [4.78, 5) is 0. The molecule has 1 aliphatic rings. The van der Waals surface area contributed by atoms with Crippen molar-refractivity contribution in [1.82, 2.24) is 0 Å². The van der Waals surface area contributed by atoms with E-state index in [0.717, 1.165) is 26.4 Å². The molecular weight excluding hydrogens is 184 g/mol. The minimum atomic E-state index is 0.360. The molecule has 0 bridgehead atoms. The molecule has 0 atom stereocenters. The van der Waals surface area contributed by atoms with Gasteiger partial charge in [-0.2, -0.15) is 11.8 Å². The Morgan fingerprint density at radius 3 is 2.69 bits per heavy atom. The zero-order valence-corrected chi connectivity index (χ0v) is 9.49. The SMILES string of the molecule is CCC1(COCCCSC)COC1. The Morgan fingerprint density at radius 1 is 1.46 bits per heavy atom. The molecule has 1 rings (SSSR count). The van der Waals surface area contributed by atoms with Crippen molar-refractivity contribution in [2.75, 3.05) is 38.4 Å². The Bertz CT molecular complexity index is 129. The van der Waals surface area contributed by atoms with Gasteiger partial charge in [-0.05, 0) is 24.9 Å². The summed E-state index contributed by atoms with van der Waals surface area (Å²) in [6.07, 6.45) is 4.48. The van der Waals surface area contributed by atoms with Gasteiger partial charge in [-0.25, -0.2) is 0 Å². The molecule has 1 aliphatic heterocycles. The molecule has 0 N–H and O–H groups in total. The summed E-state index contributed by atoms with van der Waals surface area (Å²) in [5, 5.41) is 0. The molecule has 13 heavy (non-hydrogen) atoms. The first-order chi connectivity index (χ1) is 6.33. The van der Waals surface area contributed by atoms with Gasteiger partial charge in [-0.15, -0.1) is 0 Å². The Labute approximate surface area is 85.4 Å². The minimum absolute atomic E-state index is 0.360. The van der Waals surface area contributed by atoms with Crippen LogP contribution in [0.2, 0.25) is 0 Å². The lowest BCUT2D eigenvalue weighted by atomic mass is 9.84. The van der Waals surface area contributed by atoms with Crippen LogP contribution in [0.15, 0.2) is 0 Å². The molecule has 3 heteroatoms. The third kappa shape index (κ3) is 3.49. The molecule has 0 aromatic rings. The molecule has 0 unspecified atom stereocenters. The lowest BCUT2D eigenvalue weighted by Crippen LogP contribution is -2.45. The van der Waals surface area contributed by atoms with E-state index in [-0.39, 0.29) is 0 Å². The second-order valence-corrected chi connectivity index (χ2v) is 4.73. The Balaban J connectivity index is 1.98. The Morgan fingerprint density at radius 2 is 2.23 bits per heavy atom. The second-order valence-electron chi connectivity index (χ2n) is 3.75. The van der Waals surface area contributed by atoms with Crippen LogP contribution in [0.5, 0.6) is 0 Å². The smallest absolute Gasteiger partial charge is 0.0566 e. The maximum Gasteiger partial charge on any atom is 0.0566 e. The molecule has 2 nitrogen and oxygen atoms in total. The van der Waals surface area contributed by atoms with Crippen LogP contribution in [-0.2, 0) is 9.47 Å². The van der Waals surface area contributed by atoms with Crippen LogP contribution in [0.3, 0.4) is 0 Å². The van der Waals surface area contributed by atoms with Gasteiger partial charge in [0.1, 0.15) is 0 Å². The number of ether oxygens (including phenoxy) is 2. The molecule has 0 radical (unpaired) electrons. The number of thioether (sulfide) groups is 1. The fourth-order valence-electron chi connectivity index (χ4n) is 1.37. The molecule has 0 aromatic carbocycles. The summed E-state index contributed by atoms with van der Waals surface area (Å²) in [7, 11) is 0. The van der Waals surface area contributed by atoms with Crippen molar-refractivity contribution in [3.05, 3.63) is 0 Å². The van der Waals surface area contributed by atoms with E-state index in [4.69, 9.17) is 9.47 Å². The van der Waals surface area contributed by atoms with E-state index in [1.807, 2.05) is 11.8 Å². The van der Waals surface area contributed by atoms with E-state index in [9.17, 15) is 0 Å². The predicted octanol–water partition coefficient (Wildman–Crippen LogP) is 2.18. The highest BCUT2D eigenvalue weighted by Crippen LogP contribution is 2.31. The molecule has 78 valence electrons. The molecule has 0 aliphatic carbocycles. The first kappa shape index (κ1) is 11.3. The summed E-state index contributed by atoms with van der Waals surface area (Å²) < 4.78 is 10.9. The predicted molar refractivity (Wildman–Crippen MR) is 57.4 cm³/mol. The van der Waals surface area contributed by atoms with Crippen LogP contribution in [0.25, 0.3) is 0 Å². The third-order valence-electron chi connectivity index (χ3n) is 2.61. The number of hydrogen-bond donors (Lipinski definition) is 0. The largest absolute Gasteiger partial charge is 0.381 e. The monoisotopic (exact) mass is 204 g/mol. The first-order valence-electron chi connectivity index (χ1n) is 4.97. The fourth-order valence-corrected chi connectivity index (χ4v) is 1.78. The highest BCUT2D eigenvalue weighted by Gasteiger charge is 2.36. The van der Waals surface area contributed by atoms with E-state index in [1.54, 1.807) is 0 Å². The second kappa shape index (κ2) is 5.89. The molecule has 1 fully saturated rings. The van der Waals surface area contributed by atoms with Crippen molar-refractivity contribution in [2.45, 2.75) is 19.8 Å². The first-order valence-corrected chi connectivity index (χ1v) is 6.37. The topological polar surface area (TPSA) is 18.5 Å². The zero-order chi connectivity index (χ0) is 9.57. The van der Waals surface area contributed by atoms with Gasteiger partial charge < -0.3 is 9.47 Å². The average molecular weight is 204 g/mol. The quantitative estimate of drug-likeness (QED) is 0.592. The summed E-state index contributed by atoms with van der Waals surface area (Å²) in [6, 6.07) is 0. The average Bonchev–Trinajstić information content (AvgIpc) is 2.09. The number of rotatable bonds is 7. The van der Waals surface area contributed by atoms with Gasteiger partial charge in [0.05, 0.1) is 19.8 Å². The van der Waals surface area contributed by atoms with E-state index in [1.165, 1.54) is 18.6 Å². The molecule has 0 aromatic heterocycles. The van der Waals surface area contributed by atoms with Crippen molar-refractivity contribution < 1.29 is 9.47 Å². The van der Waals surface area contributed by atoms with E-state index in [0.29, 0.717) is 5.41 Å². The normalized spacial score (nSPS) is 19.8. The zero-order valence-electron chi connectivity index (χ0n) is 8.67. The fraction of sp³-hybridized carbons (Fsp3) is 1.00. The van der Waals surface area contributed by atoms with E-state index < -0.39 is 0 Å². The van der Waals surface area contributed by atoms with Crippen LogP contribution < -0.4 is 0 Å². The standard InChI is InChI=1S/C10H20O2S/c1-3-10(8-12-9-10)7-11-5-4-6-13-2/h3-9H2,1-2H3. The molecule has 0 spiro atoms. The van der Waals surface area contributed by atoms with Crippen LogP contribution in [-0.4, -0.2) is 38.4 Å². The van der Waals surface area contributed by atoms with Crippen molar-refractivity contribution in [3.63, 3.8) is 0 Å². The summed E-state index contributed by atoms with van der Waals surface area (Å²) in [5.74, 6) is 1.20. The Hall–Kier alpha value is 0.270. The third-order valence-corrected chi connectivity index (χ3v) is 3.31. The van der Waals surface area contributed by atoms with Crippen LogP contribution in [0.4, 0.5) is 0 Å². The molecule has 1 heterocycles. The highest BCUT2D eigenvalue weighted by atomic mass is 32.2. The van der Waals surface area contributed by atoms with Crippen LogP contribution in [0.1, 0.15) is 19.8 Å². The number of hydrogen-bond acceptors (Lipinski definition) is 3. The molecule has 1 saturated heterocycles. The van der Waals surface area contributed by atoms with Crippen molar-refractivity contribution >= 4 is 11.8 Å². The van der Waals surface area contributed by atoms with Crippen molar-refractivity contribution in [3.8, 4) is 0 Å². The van der Waals surface area contributed by atoms with Gasteiger partial charge >= 0.3 is 0 Å². The van der Waals surface area contributed by atoms with E-state index >= 15 is 0 Å². The van der Waals surface area contributed by atoms with Crippen LogP contribution in [0, 0.1) is 5.41 Å². The van der Waals surface area contributed by atoms with Crippen molar-refractivity contribution in [1.29, 1.82) is 0 Å². The van der Waals surface area contributed by atoms with Gasteiger partial charge in [0.25, 0.3) is 0 Å². The maximum atomic E-state index is 5.64. The minimum Gasteiger partial charge on any atom is -0.381 e. The van der Waals surface area contributed by atoms with Crippen LogP contribution >= 0.6 is 11.8 Å². The molecule has 0 saturated carbocycles. The van der Waals surface area contributed by atoms with Gasteiger partial charge in [0.15, 0.2) is 0 Å². The van der Waals surface area contributed by atoms with Crippen molar-refractivity contribution in [2.24, 2.45) is 5.41 Å². The lowest BCUT2D eigenvalue weighted by Gasteiger charge is -2.40. The summed E-state index contributed by atoms with van der Waals surface area (Å²) >= 11 is 1.88. The highest BCUT2D eigenvalue weighted by molar-refractivity contribution is 7.98. The van der Waals surface area contributed by atoms with Gasteiger partial charge in [-0.3, -0.25) is 0 Å². The van der Waals surface area contributed by atoms with Gasteiger partial charge in [0.2, 0.25) is 0 Å².